The van der Waals surface area contributed by atoms with Gasteiger partial charge in [-0.1, -0.05) is 36.4 Å². The highest BCUT2D eigenvalue weighted by Crippen LogP contribution is 2.28. The van der Waals surface area contributed by atoms with Crippen molar-refractivity contribution in [2.24, 2.45) is 0 Å². The highest BCUT2D eigenvalue weighted by Gasteiger charge is 2.19. The van der Waals surface area contributed by atoms with E-state index in [0.29, 0.717) is 6.04 Å². The Morgan fingerprint density at radius 3 is 2.67 bits per heavy atom. The molecular weight excluding hydrogens is 222 g/mol. The van der Waals surface area contributed by atoms with Gasteiger partial charge in [0.15, 0.2) is 0 Å². The van der Waals surface area contributed by atoms with Crippen LogP contribution in [0.25, 0.3) is 0 Å². The van der Waals surface area contributed by atoms with Gasteiger partial charge in [-0.3, -0.25) is 0 Å². The average Bonchev–Trinajstić information content (AvgIpc) is 2.47. The topological polar surface area (TPSA) is 21.3 Å². The van der Waals surface area contributed by atoms with Crippen molar-refractivity contribution in [2.75, 3.05) is 7.11 Å². The van der Waals surface area contributed by atoms with Crippen LogP contribution in [0.15, 0.2) is 48.5 Å². The Labute approximate surface area is 108 Å². The molecule has 0 radical (unpaired) electrons. The van der Waals surface area contributed by atoms with E-state index in [2.05, 4.69) is 47.8 Å². The van der Waals surface area contributed by atoms with Crippen LogP contribution in [0.5, 0.6) is 5.75 Å². The summed E-state index contributed by atoms with van der Waals surface area (Å²) in [5.41, 5.74) is 4.13. The molecule has 3 rings (SSSR count). The van der Waals surface area contributed by atoms with Crippen LogP contribution in [-0.4, -0.2) is 7.11 Å². The summed E-state index contributed by atoms with van der Waals surface area (Å²) >= 11 is 0. The quantitative estimate of drug-likeness (QED) is 0.869. The zero-order valence-electron chi connectivity index (χ0n) is 10.5. The number of hydrogen-bond acceptors (Lipinski definition) is 2. The summed E-state index contributed by atoms with van der Waals surface area (Å²) in [5.74, 6) is 0.939. The van der Waals surface area contributed by atoms with Gasteiger partial charge in [-0.05, 0) is 35.2 Å². The lowest BCUT2D eigenvalue weighted by atomic mass is 9.91. The number of ether oxygens (including phenoxy) is 1. The van der Waals surface area contributed by atoms with Crippen molar-refractivity contribution in [1.82, 2.24) is 5.32 Å². The van der Waals surface area contributed by atoms with Crippen molar-refractivity contribution in [1.29, 1.82) is 0 Å². The van der Waals surface area contributed by atoms with Crippen LogP contribution in [0.3, 0.4) is 0 Å². The number of benzene rings is 2. The third-order valence-corrected chi connectivity index (χ3v) is 3.58. The van der Waals surface area contributed by atoms with E-state index in [9.17, 15) is 0 Å². The maximum absolute atomic E-state index is 5.26. The molecule has 1 aliphatic heterocycles. The van der Waals surface area contributed by atoms with Crippen molar-refractivity contribution in [3.05, 3.63) is 65.2 Å². The molecule has 1 aliphatic rings. The van der Waals surface area contributed by atoms with Crippen molar-refractivity contribution in [3.63, 3.8) is 0 Å². The van der Waals surface area contributed by atoms with Gasteiger partial charge in [0.1, 0.15) is 5.75 Å². The molecule has 1 heterocycles. The molecule has 1 atom stereocenters. The lowest BCUT2D eigenvalue weighted by Gasteiger charge is -2.26. The van der Waals surface area contributed by atoms with Gasteiger partial charge in [0.05, 0.1) is 7.11 Å². The predicted octanol–water partition coefficient (Wildman–Crippen LogP) is 3.08. The number of nitrogens with one attached hydrogen (secondary N) is 1. The first-order chi connectivity index (χ1) is 8.86. The monoisotopic (exact) mass is 239 g/mol. The van der Waals surface area contributed by atoms with Crippen LogP contribution < -0.4 is 10.1 Å². The molecule has 0 saturated carbocycles. The second kappa shape index (κ2) is 4.83. The van der Waals surface area contributed by atoms with Crippen molar-refractivity contribution in [2.45, 2.75) is 19.0 Å². The van der Waals surface area contributed by atoms with Gasteiger partial charge in [-0.15, -0.1) is 0 Å². The lowest BCUT2D eigenvalue weighted by molar-refractivity contribution is 0.412. The summed E-state index contributed by atoms with van der Waals surface area (Å²) in [6, 6.07) is 17.4. The molecule has 0 aliphatic carbocycles. The molecule has 0 spiro atoms. The molecule has 2 heteroatoms. The smallest absolute Gasteiger partial charge is 0.119 e. The minimum absolute atomic E-state index is 0.423. The van der Waals surface area contributed by atoms with E-state index in [4.69, 9.17) is 4.74 Å². The normalized spacial score (nSPS) is 18.2. The molecule has 2 aromatic carbocycles. The van der Waals surface area contributed by atoms with Gasteiger partial charge in [0.2, 0.25) is 0 Å². The molecule has 0 aromatic heterocycles. The molecule has 2 aromatic rings. The van der Waals surface area contributed by atoms with Crippen molar-refractivity contribution in [3.8, 4) is 5.75 Å². The first-order valence-electron chi connectivity index (χ1n) is 6.31. The van der Waals surface area contributed by atoms with E-state index in [1.165, 1.54) is 16.7 Å². The fourth-order valence-corrected chi connectivity index (χ4v) is 2.54. The first-order valence-corrected chi connectivity index (χ1v) is 6.31. The summed E-state index contributed by atoms with van der Waals surface area (Å²) in [7, 11) is 1.71. The standard InChI is InChI=1S/C16H17NO/c1-18-15-8-7-13-10-16(17-11-14(13)9-15)12-5-3-2-4-6-12/h2-9,16-17H,10-11H2,1H3/t16-/m0/s1. The van der Waals surface area contributed by atoms with Crippen molar-refractivity contribution < 1.29 is 4.74 Å². The van der Waals surface area contributed by atoms with Crippen LogP contribution >= 0.6 is 0 Å². The Kier molecular flexibility index (Phi) is 3.03. The minimum Gasteiger partial charge on any atom is -0.497 e. The zero-order chi connectivity index (χ0) is 12.4. The van der Waals surface area contributed by atoms with Crippen LogP contribution in [0.4, 0.5) is 0 Å². The van der Waals surface area contributed by atoms with E-state index in [1.54, 1.807) is 7.11 Å². The van der Waals surface area contributed by atoms with Crippen LogP contribution in [0, 0.1) is 0 Å². The largest absolute Gasteiger partial charge is 0.497 e. The molecule has 0 unspecified atom stereocenters. The van der Waals surface area contributed by atoms with Crippen LogP contribution in [0.2, 0.25) is 0 Å². The molecular formula is C16H17NO. The van der Waals surface area contributed by atoms with Gasteiger partial charge in [0.25, 0.3) is 0 Å². The van der Waals surface area contributed by atoms with E-state index in [0.717, 1.165) is 18.7 Å². The van der Waals surface area contributed by atoms with Crippen molar-refractivity contribution >= 4 is 0 Å². The highest BCUT2D eigenvalue weighted by molar-refractivity contribution is 5.38. The Morgan fingerprint density at radius 1 is 1.06 bits per heavy atom. The van der Waals surface area contributed by atoms with Gasteiger partial charge in [-0.2, -0.15) is 0 Å². The Bertz CT molecular complexity index is 536. The summed E-state index contributed by atoms with van der Waals surface area (Å²) in [6.07, 6.45) is 1.04. The van der Waals surface area contributed by atoms with Crippen LogP contribution in [0.1, 0.15) is 22.7 Å². The third kappa shape index (κ3) is 2.12. The molecule has 0 amide bonds. The van der Waals surface area contributed by atoms with E-state index < -0.39 is 0 Å². The number of hydrogen-bond donors (Lipinski definition) is 1. The summed E-state index contributed by atoms with van der Waals surface area (Å²) in [6.45, 7) is 0.909. The van der Waals surface area contributed by atoms with E-state index in [-0.39, 0.29) is 0 Å². The SMILES string of the molecule is COc1ccc2c(c1)CN[C@H](c1ccccc1)C2. The average molecular weight is 239 g/mol. The van der Waals surface area contributed by atoms with E-state index >= 15 is 0 Å². The van der Waals surface area contributed by atoms with Gasteiger partial charge < -0.3 is 10.1 Å². The molecule has 0 saturated heterocycles. The first kappa shape index (κ1) is 11.3. The molecule has 2 nitrogen and oxygen atoms in total. The zero-order valence-corrected chi connectivity index (χ0v) is 10.5. The molecule has 18 heavy (non-hydrogen) atoms. The lowest BCUT2D eigenvalue weighted by Crippen LogP contribution is -2.28. The second-order valence-electron chi connectivity index (χ2n) is 4.68. The predicted molar refractivity (Wildman–Crippen MR) is 72.7 cm³/mol. The molecule has 1 N–H and O–H groups in total. The van der Waals surface area contributed by atoms with Gasteiger partial charge in [0, 0.05) is 12.6 Å². The molecule has 0 fully saturated rings. The Morgan fingerprint density at radius 2 is 1.89 bits per heavy atom. The van der Waals surface area contributed by atoms with Crippen LogP contribution in [-0.2, 0) is 13.0 Å². The maximum atomic E-state index is 5.26. The Hall–Kier alpha value is -1.80. The van der Waals surface area contributed by atoms with E-state index in [1.807, 2.05) is 6.07 Å². The summed E-state index contributed by atoms with van der Waals surface area (Å²) in [4.78, 5) is 0. The molecule has 0 bridgehead atoms. The maximum Gasteiger partial charge on any atom is 0.119 e. The molecule has 92 valence electrons. The summed E-state index contributed by atoms with van der Waals surface area (Å²) < 4.78 is 5.26. The number of fused-ring (bicyclic) bond motifs is 1. The highest BCUT2D eigenvalue weighted by atomic mass is 16.5. The Balaban J connectivity index is 1.85. The fourth-order valence-electron chi connectivity index (χ4n) is 2.54. The second-order valence-corrected chi connectivity index (χ2v) is 4.68. The summed E-state index contributed by atoms with van der Waals surface area (Å²) in [5, 5.41) is 3.59. The number of rotatable bonds is 2. The van der Waals surface area contributed by atoms with Gasteiger partial charge >= 0.3 is 0 Å². The third-order valence-electron chi connectivity index (χ3n) is 3.58. The number of methoxy groups -OCH3 is 1. The van der Waals surface area contributed by atoms with Gasteiger partial charge in [-0.25, -0.2) is 0 Å². The fraction of sp³-hybridized carbons (Fsp3) is 0.250. The minimum atomic E-state index is 0.423.